The van der Waals surface area contributed by atoms with Crippen LogP contribution in [0.15, 0.2) is 0 Å². The maximum atomic E-state index is 6.50. The first-order chi connectivity index (χ1) is 10.1. The molecule has 0 radical (unpaired) electrons. The van der Waals surface area contributed by atoms with E-state index in [-0.39, 0.29) is 5.60 Å². The fourth-order valence-electron chi connectivity index (χ4n) is 4.23. The van der Waals surface area contributed by atoms with E-state index in [1.54, 1.807) is 7.11 Å². The van der Waals surface area contributed by atoms with Crippen LogP contribution in [0.25, 0.3) is 0 Å². The number of methoxy groups -OCH3 is 1. The van der Waals surface area contributed by atoms with Gasteiger partial charge in [-0.3, -0.25) is 0 Å². The lowest BCUT2D eigenvalue weighted by molar-refractivity contribution is -0.0449. The van der Waals surface area contributed by atoms with Crippen molar-refractivity contribution in [3.8, 4) is 0 Å². The summed E-state index contributed by atoms with van der Waals surface area (Å²) in [4.78, 5) is 0. The van der Waals surface area contributed by atoms with Crippen LogP contribution in [-0.4, -0.2) is 38.5 Å². The highest BCUT2D eigenvalue weighted by molar-refractivity contribution is 4.93. The van der Waals surface area contributed by atoms with Gasteiger partial charge in [0.2, 0.25) is 0 Å². The van der Waals surface area contributed by atoms with E-state index in [4.69, 9.17) is 9.47 Å². The quantitative estimate of drug-likeness (QED) is 0.657. The number of rotatable bonds is 9. The summed E-state index contributed by atoms with van der Waals surface area (Å²) >= 11 is 0. The predicted molar refractivity (Wildman–Crippen MR) is 87.6 cm³/mol. The molecule has 3 heteroatoms. The van der Waals surface area contributed by atoms with Crippen LogP contribution in [0, 0.1) is 11.8 Å². The first-order valence-electron chi connectivity index (χ1n) is 9.01. The molecule has 1 spiro atoms. The fourth-order valence-corrected chi connectivity index (χ4v) is 4.23. The zero-order valence-corrected chi connectivity index (χ0v) is 14.3. The molecule has 1 aliphatic heterocycles. The fraction of sp³-hybridized carbons (Fsp3) is 1.00. The van der Waals surface area contributed by atoms with Crippen LogP contribution < -0.4 is 5.32 Å². The molecule has 0 aromatic heterocycles. The maximum absolute atomic E-state index is 6.50. The van der Waals surface area contributed by atoms with Gasteiger partial charge in [0.15, 0.2) is 0 Å². The van der Waals surface area contributed by atoms with Crippen molar-refractivity contribution in [2.75, 3.05) is 26.8 Å². The SMILES string of the molecule is COCCNCC(CC(C)C)CC1CCC2(CCCC2)O1. The molecule has 2 unspecified atom stereocenters. The molecule has 2 atom stereocenters. The largest absolute Gasteiger partial charge is 0.383 e. The lowest BCUT2D eigenvalue weighted by Crippen LogP contribution is -2.30. The van der Waals surface area contributed by atoms with Gasteiger partial charge in [0, 0.05) is 13.7 Å². The van der Waals surface area contributed by atoms with Crippen molar-refractivity contribution in [2.45, 2.75) is 76.9 Å². The van der Waals surface area contributed by atoms with Gasteiger partial charge in [-0.15, -0.1) is 0 Å². The minimum atomic E-state index is 0.288. The van der Waals surface area contributed by atoms with Crippen molar-refractivity contribution in [3.05, 3.63) is 0 Å². The predicted octanol–water partition coefficient (Wildman–Crippen LogP) is 3.77. The Labute approximate surface area is 131 Å². The maximum Gasteiger partial charge on any atom is 0.0687 e. The third kappa shape index (κ3) is 5.54. The second kappa shape index (κ2) is 8.50. The van der Waals surface area contributed by atoms with Crippen LogP contribution in [0.2, 0.25) is 0 Å². The van der Waals surface area contributed by atoms with Gasteiger partial charge < -0.3 is 14.8 Å². The molecule has 0 aromatic rings. The third-order valence-electron chi connectivity index (χ3n) is 5.17. The van der Waals surface area contributed by atoms with Crippen molar-refractivity contribution in [1.82, 2.24) is 5.32 Å². The molecule has 0 bridgehead atoms. The monoisotopic (exact) mass is 297 g/mol. The van der Waals surface area contributed by atoms with E-state index in [2.05, 4.69) is 19.2 Å². The van der Waals surface area contributed by atoms with E-state index in [0.29, 0.717) is 6.10 Å². The highest BCUT2D eigenvalue weighted by Gasteiger charge is 2.42. The summed E-state index contributed by atoms with van der Waals surface area (Å²) in [7, 11) is 1.76. The highest BCUT2D eigenvalue weighted by Crippen LogP contribution is 2.44. The van der Waals surface area contributed by atoms with Gasteiger partial charge in [-0.2, -0.15) is 0 Å². The summed E-state index contributed by atoms with van der Waals surface area (Å²) < 4.78 is 11.6. The van der Waals surface area contributed by atoms with Crippen LogP contribution in [0.1, 0.15) is 65.2 Å². The average molecular weight is 297 g/mol. The van der Waals surface area contributed by atoms with E-state index in [1.807, 2.05) is 0 Å². The Hall–Kier alpha value is -0.120. The van der Waals surface area contributed by atoms with E-state index in [1.165, 1.54) is 51.4 Å². The number of nitrogens with one attached hydrogen (secondary N) is 1. The molecule has 1 saturated heterocycles. The summed E-state index contributed by atoms with van der Waals surface area (Å²) in [5, 5.41) is 3.55. The molecule has 0 aromatic carbocycles. The molecule has 0 amide bonds. The van der Waals surface area contributed by atoms with Crippen LogP contribution in [0.3, 0.4) is 0 Å². The highest BCUT2D eigenvalue weighted by atomic mass is 16.5. The van der Waals surface area contributed by atoms with Crippen LogP contribution in [0.5, 0.6) is 0 Å². The normalized spacial score (nSPS) is 26.0. The molecule has 124 valence electrons. The molecular weight excluding hydrogens is 262 g/mol. The molecule has 2 rings (SSSR count). The molecule has 1 N–H and O–H groups in total. The number of hydrogen-bond donors (Lipinski definition) is 1. The lowest BCUT2D eigenvalue weighted by atomic mass is 9.90. The lowest BCUT2D eigenvalue weighted by Gasteiger charge is -2.27. The number of ether oxygens (including phenoxy) is 2. The van der Waals surface area contributed by atoms with Crippen molar-refractivity contribution in [1.29, 1.82) is 0 Å². The van der Waals surface area contributed by atoms with Crippen molar-refractivity contribution in [3.63, 3.8) is 0 Å². The minimum absolute atomic E-state index is 0.288. The van der Waals surface area contributed by atoms with Crippen LogP contribution in [0.4, 0.5) is 0 Å². The Kier molecular flexibility index (Phi) is 6.97. The molecule has 1 aliphatic carbocycles. The van der Waals surface area contributed by atoms with E-state index >= 15 is 0 Å². The summed E-state index contributed by atoms with van der Waals surface area (Å²) in [6.07, 6.45) is 11.0. The van der Waals surface area contributed by atoms with Gasteiger partial charge in [0.05, 0.1) is 18.3 Å². The Morgan fingerprint density at radius 3 is 2.67 bits per heavy atom. The van der Waals surface area contributed by atoms with Gasteiger partial charge in [-0.05, 0) is 56.9 Å². The molecule has 21 heavy (non-hydrogen) atoms. The van der Waals surface area contributed by atoms with Crippen molar-refractivity contribution < 1.29 is 9.47 Å². The zero-order chi connectivity index (χ0) is 15.1. The smallest absolute Gasteiger partial charge is 0.0687 e. The molecular formula is C18H35NO2. The van der Waals surface area contributed by atoms with Gasteiger partial charge in [0.25, 0.3) is 0 Å². The zero-order valence-electron chi connectivity index (χ0n) is 14.3. The van der Waals surface area contributed by atoms with Crippen LogP contribution >= 0.6 is 0 Å². The standard InChI is InChI=1S/C18H35NO2/c1-15(2)12-16(14-19-10-11-20-3)13-17-6-9-18(21-17)7-4-5-8-18/h15-17,19H,4-14H2,1-3H3. The third-order valence-corrected chi connectivity index (χ3v) is 5.17. The minimum Gasteiger partial charge on any atom is -0.383 e. The molecule has 2 aliphatic rings. The van der Waals surface area contributed by atoms with Crippen molar-refractivity contribution >= 4 is 0 Å². The summed E-state index contributed by atoms with van der Waals surface area (Å²) in [6.45, 7) is 7.53. The topological polar surface area (TPSA) is 30.5 Å². The number of hydrogen-bond acceptors (Lipinski definition) is 3. The van der Waals surface area contributed by atoms with E-state index in [0.717, 1.165) is 31.5 Å². The first-order valence-corrected chi connectivity index (χ1v) is 9.01. The van der Waals surface area contributed by atoms with Crippen LogP contribution in [-0.2, 0) is 9.47 Å². The molecule has 2 fully saturated rings. The van der Waals surface area contributed by atoms with E-state index in [9.17, 15) is 0 Å². The summed E-state index contributed by atoms with van der Waals surface area (Å²) in [6, 6.07) is 0. The summed E-state index contributed by atoms with van der Waals surface area (Å²) in [5.41, 5.74) is 0.288. The molecule has 1 heterocycles. The second-order valence-corrected chi connectivity index (χ2v) is 7.60. The Morgan fingerprint density at radius 1 is 1.24 bits per heavy atom. The summed E-state index contributed by atoms with van der Waals surface area (Å²) in [5.74, 6) is 1.50. The Bertz CT molecular complexity index is 287. The second-order valence-electron chi connectivity index (χ2n) is 7.60. The van der Waals surface area contributed by atoms with Gasteiger partial charge in [-0.1, -0.05) is 26.7 Å². The van der Waals surface area contributed by atoms with E-state index < -0.39 is 0 Å². The van der Waals surface area contributed by atoms with Gasteiger partial charge >= 0.3 is 0 Å². The molecule has 3 nitrogen and oxygen atoms in total. The average Bonchev–Trinajstić information content (AvgIpc) is 3.05. The first kappa shape index (κ1) is 17.2. The van der Waals surface area contributed by atoms with Crippen molar-refractivity contribution in [2.24, 2.45) is 11.8 Å². The molecule has 1 saturated carbocycles. The van der Waals surface area contributed by atoms with Gasteiger partial charge in [-0.25, -0.2) is 0 Å². The Balaban J connectivity index is 1.75. The Morgan fingerprint density at radius 2 is 2.00 bits per heavy atom. The van der Waals surface area contributed by atoms with Gasteiger partial charge in [0.1, 0.15) is 0 Å².